The minimum absolute atomic E-state index is 0.114. The van der Waals surface area contributed by atoms with Crippen LogP contribution in [0.2, 0.25) is 0 Å². The lowest BCUT2D eigenvalue weighted by Gasteiger charge is -2.25. The van der Waals surface area contributed by atoms with Crippen LogP contribution < -0.4 is 10.6 Å². The zero-order valence-corrected chi connectivity index (χ0v) is 9.98. The van der Waals surface area contributed by atoms with Gasteiger partial charge in [-0.2, -0.15) is 0 Å². The van der Waals surface area contributed by atoms with E-state index in [0.717, 1.165) is 25.5 Å². The summed E-state index contributed by atoms with van der Waals surface area (Å²) in [6.07, 6.45) is 2.79. The summed E-state index contributed by atoms with van der Waals surface area (Å²) in [5.41, 5.74) is 0.411. The van der Waals surface area contributed by atoms with E-state index in [4.69, 9.17) is 0 Å². The number of hydrogen-bond acceptors (Lipinski definition) is 4. The molecule has 96 valence electrons. The number of rotatable bonds is 1. The number of hydrogen-bond donors (Lipinski definition) is 2. The molecule has 0 spiro atoms. The molecular formula is C11H15N5O2. The van der Waals surface area contributed by atoms with Gasteiger partial charge >= 0.3 is 0 Å². The van der Waals surface area contributed by atoms with Gasteiger partial charge in [-0.3, -0.25) is 9.59 Å². The van der Waals surface area contributed by atoms with Crippen molar-refractivity contribution in [2.24, 2.45) is 0 Å². The quantitative estimate of drug-likeness (QED) is 0.688. The van der Waals surface area contributed by atoms with Crippen molar-refractivity contribution in [3.05, 3.63) is 11.9 Å². The molecule has 0 atom stereocenters. The Labute approximate surface area is 104 Å². The average molecular weight is 249 g/mol. The topological polar surface area (TPSA) is 79.3 Å². The number of fused-ring (bicyclic) bond motifs is 1. The molecule has 2 aliphatic rings. The molecule has 1 aromatic heterocycles. The van der Waals surface area contributed by atoms with Gasteiger partial charge in [-0.15, -0.1) is 0 Å². The van der Waals surface area contributed by atoms with E-state index < -0.39 is 0 Å². The van der Waals surface area contributed by atoms with E-state index in [1.807, 2.05) is 4.57 Å². The van der Waals surface area contributed by atoms with Crippen molar-refractivity contribution in [1.29, 1.82) is 0 Å². The standard InChI is InChI=1S/C11H15N5O2/c17-9-7-15(5-3-12-9)10(18)8-6-16-4-1-2-13-11(16)14-8/h6H,1-5,7H2,(H,12,17)(H,13,14). The number of amides is 2. The number of carbonyl (C=O) groups is 2. The van der Waals surface area contributed by atoms with E-state index in [1.54, 1.807) is 6.20 Å². The van der Waals surface area contributed by atoms with Crippen LogP contribution in [0.25, 0.3) is 0 Å². The molecule has 2 aliphatic heterocycles. The number of aryl methyl sites for hydroxylation is 1. The van der Waals surface area contributed by atoms with E-state index in [9.17, 15) is 9.59 Å². The fraction of sp³-hybridized carbons (Fsp3) is 0.545. The van der Waals surface area contributed by atoms with E-state index in [1.165, 1.54) is 4.90 Å². The van der Waals surface area contributed by atoms with Crippen molar-refractivity contribution in [2.75, 3.05) is 31.5 Å². The Hall–Kier alpha value is -2.05. The van der Waals surface area contributed by atoms with E-state index in [-0.39, 0.29) is 18.4 Å². The summed E-state index contributed by atoms with van der Waals surface area (Å²) in [5.74, 6) is 0.455. The number of aromatic nitrogens is 2. The van der Waals surface area contributed by atoms with Crippen molar-refractivity contribution in [3.8, 4) is 0 Å². The summed E-state index contributed by atoms with van der Waals surface area (Å²) in [5, 5.41) is 5.85. The van der Waals surface area contributed by atoms with Gasteiger partial charge in [0.2, 0.25) is 11.9 Å². The molecule has 1 fully saturated rings. The van der Waals surface area contributed by atoms with Crippen molar-refractivity contribution in [2.45, 2.75) is 13.0 Å². The van der Waals surface area contributed by atoms with E-state index in [0.29, 0.717) is 18.8 Å². The maximum absolute atomic E-state index is 12.2. The highest BCUT2D eigenvalue weighted by atomic mass is 16.2. The lowest BCUT2D eigenvalue weighted by molar-refractivity contribution is -0.123. The van der Waals surface area contributed by atoms with Gasteiger partial charge in [-0.25, -0.2) is 4.98 Å². The fourth-order valence-electron chi connectivity index (χ4n) is 2.25. The summed E-state index contributed by atoms with van der Waals surface area (Å²) < 4.78 is 1.95. The summed E-state index contributed by atoms with van der Waals surface area (Å²) >= 11 is 0. The third-order valence-electron chi connectivity index (χ3n) is 3.18. The summed E-state index contributed by atoms with van der Waals surface area (Å²) in [4.78, 5) is 29.3. The normalized spacial score (nSPS) is 18.9. The maximum atomic E-state index is 12.2. The first-order valence-corrected chi connectivity index (χ1v) is 6.11. The zero-order valence-electron chi connectivity index (χ0n) is 9.98. The summed E-state index contributed by atoms with van der Waals surface area (Å²) in [6.45, 7) is 2.94. The number of anilines is 1. The van der Waals surface area contributed by atoms with E-state index >= 15 is 0 Å². The molecule has 0 radical (unpaired) electrons. The first kappa shape index (κ1) is 11.1. The molecule has 18 heavy (non-hydrogen) atoms. The van der Waals surface area contributed by atoms with Gasteiger partial charge in [0.25, 0.3) is 5.91 Å². The van der Waals surface area contributed by atoms with Crippen LogP contribution in [-0.4, -0.2) is 52.4 Å². The zero-order chi connectivity index (χ0) is 12.5. The van der Waals surface area contributed by atoms with Gasteiger partial charge in [-0.1, -0.05) is 0 Å². The fourth-order valence-corrected chi connectivity index (χ4v) is 2.25. The molecule has 0 bridgehead atoms. The Morgan fingerprint density at radius 3 is 2.94 bits per heavy atom. The first-order chi connectivity index (χ1) is 8.74. The molecule has 2 N–H and O–H groups in total. The predicted molar refractivity (Wildman–Crippen MR) is 64.2 cm³/mol. The van der Waals surface area contributed by atoms with Crippen LogP contribution in [0.3, 0.4) is 0 Å². The predicted octanol–water partition coefficient (Wildman–Crippen LogP) is -0.729. The SMILES string of the molecule is O=C1CN(C(=O)c2cn3c(n2)NCCC3)CCN1. The second kappa shape index (κ2) is 4.32. The van der Waals surface area contributed by atoms with Gasteiger partial charge < -0.3 is 20.1 Å². The van der Waals surface area contributed by atoms with Crippen LogP contribution in [-0.2, 0) is 11.3 Å². The Morgan fingerprint density at radius 1 is 1.28 bits per heavy atom. The van der Waals surface area contributed by atoms with Crippen molar-refractivity contribution >= 4 is 17.8 Å². The summed E-state index contributed by atoms with van der Waals surface area (Å²) in [6, 6.07) is 0. The Balaban J connectivity index is 1.79. The maximum Gasteiger partial charge on any atom is 0.274 e. The van der Waals surface area contributed by atoms with Crippen molar-refractivity contribution < 1.29 is 9.59 Å². The third kappa shape index (κ3) is 1.92. The highest BCUT2D eigenvalue weighted by Gasteiger charge is 2.25. The molecule has 3 rings (SSSR count). The highest BCUT2D eigenvalue weighted by molar-refractivity contribution is 5.95. The third-order valence-corrected chi connectivity index (χ3v) is 3.18. The largest absolute Gasteiger partial charge is 0.356 e. The minimum Gasteiger partial charge on any atom is -0.356 e. The molecule has 1 aromatic rings. The van der Waals surface area contributed by atoms with Crippen LogP contribution in [0, 0.1) is 0 Å². The van der Waals surface area contributed by atoms with Crippen LogP contribution in [0.15, 0.2) is 6.20 Å². The number of nitrogens with one attached hydrogen (secondary N) is 2. The molecule has 7 heteroatoms. The molecular weight excluding hydrogens is 234 g/mol. The molecule has 7 nitrogen and oxygen atoms in total. The Bertz CT molecular complexity index is 472. The second-order valence-corrected chi connectivity index (χ2v) is 4.50. The number of piperazine rings is 1. The molecule has 0 aromatic carbocycles. The van der Waals surface area contributed by atoms with Crippen LogP contribution in [0.5, 0.6) is 0 Å². The van der Waals surface area contributed by atoms with Gasteiger partial charge in [0.05, 0.1) is 6.54 Å². The molecule has 1 saturated heterocycles. The number of nitrogens with zero attached hydrogens (tertiary/aromatic N) is 3. The van der Waals surface area contributed by atoms with Gasteiger partial charge in [0.15, 0.2) is 0 Å². The molecule has 0 saturated carbocycles. The lowest BCUT2D eigenvalue weighted by atomic mass is 10.3. The number of carbonyl (C=O) groups excluding carboxylic acids is 2. The second-order valence-electron chi connectivity index (χ2n) is 4.50. The minimum atomic E-state index is -0.173. The Kier molecular flexibility index (Phi) is 2.66. The van der Waals surface area contributed by atoms with Crippen molar-refractivity contribution in [1.82, 2.24) is 19.8 Å². The molecule has 2 amide bonds. The lowest BCUT2D eigenvalue weighted by Crippen LogP contribution is -2.50. The molecule has 0 aliphatic carbocycles. The van der Waals surface area contributed by atoms with Crippen LogP contribution in [0.4, 0.5) is 5.95 Å². The Morgan fingerprint density at radius 2 is 2.17 bits per heavy atom. The summed E-state index contributed by atoms with van der Waals surface area (Å²) in [7, 11) is 0. The van der Waals surface area contributed by atoms with Gasteiger partial charge in [-0.05, 0) is 6.42 Å². The van der Waals surface area contributed by atoms with Crippen molar-refractivity contribution in [3.63, 3.8) is 0 Å². The monoisotopic (exact) mass is 249 g/mol. The smallest absolute Gasteiger partial charge is 0.274 e. The molecule has 0 unspecified atom stereocenters. The number of imidazole rings is 1. The van der Waals surface area contributed by atoms with E-state index in [2.05, 4.69) is 15.6 Å². The molecule has 3 heterocycles. The average Bonchev–Trinajstić information content (AvgIpc) is 2.81. The van der Waals surface area contributed by atoms with Gasteiger partial charge in [0, 0.05) is 32.4 Å². The first-order valence-electron chi connectivity index (χ1n) is 6.11. The highest BCUT2D eigenvalue weighted by Crippen LogP contribution is 2.15. The van der Waals surface area contributed by atoms with Crippen LogP contribution >= 0.6 is 0 Å². The van der Waals surface area contributed by atoms with Crippen LogP contribution in [0.1, 0.15) is 16.9 Å². The van der Waals surface area contributed by atoms with Gasteiger partial charge in [0.1, 0.15) is 5.69 Å².